The molecule has 20 heavy (non-hydrogen) atoms. The van der Waals surface area contributed by atoms with Crippen LogP contribution in [0.2, 0.25) is 0 Å². The third-order valence-corrected chi connectivity index (χ3v) is 2.49. The molecule has 0 saturated carbocycles. The first-order chi connectivity index (χ1) is 6.77. The van der Waals surface area contributed by atoms with Crippen LogP contribution in [0.25, 0.3) is 0 Å². The lowest BCUT2D eigenvalue weighted by Crippen LogP contribution is -1.93. The number of carboxylic acids is 1. The van der Waals surface area contributed by atoms with Gasteiger partial charge in [-0.2, -0.15) is 0 Å². The van der Waals surface area contributed by atoms with Gasteiger partial charge in [-0.25, -0.2) is 0 Å². The molecule has 0 aliphatic rings. The summed E-state index contributed by atoms with van der Waals surface area (Å²) in [6, 6.07) is 0. The molecule has 0 aliphatic heterocycles. The highest BCUT2D eigenvalue weighted by Gasteiger charge is 1.96. The summed E-state index contributed by atoms with van der Waals surface area (Å²) in [5.41, 5.74) is 0. The van der Waals surface area contributed by atoms with Gasteiger partial charge in [0.05, 0.1) is 0 Å². The summed E-state index contributed by atoms with van der Waals surface area (Å²) >= 11 is 0. The van der Waals surface area contributed by atoms with Gasteiger partial charge in [-0.15, -0.1) is 0 Å². The van der Waals surface area contributed by atoms with Crippen LogP contribution in [-0.4, -0.2) is 43.9 Å². The molecule has 0 rings (SSSR count). The van der Waals surface area contributed by atoms with Crippen molar-refractivity contribution in [1.82, 2.24) is 0 Å². The Kier molecular flexibility index (Phi) is 77.3. The highest BCUT2D eigenvalue weighted by molar-refractivity contribution is 5.66. The molecule has 0 unspecified atom stereocenters. The Bertz CT molecular complexity index is 143. The molecule has 0 saturated heterocycles. The van der Waals surface area contributed by atoms with Crippen molar-refractivity contribution in [3.63, 3.8) is 0 Å². The van der Waals surface area contributed by atoms with Gasteiger partial charge in [-0.3, -0.25) is 4.79 Å². The fraction of sp³-hybridized carbons (Fsp3) is 0.917. The van der Waals surface area contributed by atoms with Crippen LogP contribution < -0.4 is 0 Å². The lowest BCUT2D eigenvalue weighted by molar-refractivity contribution is -0.137. The molecule has 0 aromatic carbocycles. The average Bonchev–Trinajstić information content (AvgIpc) is 2.15. The van der Waals surface area contributed by atoms with Crippen molar-refractivity contribution >= 4 is 5.97 Å². The van der Waals surface area contributed by atoms with Gasteiger partial charge in [0.15, 0.2) is 0 Å². The monoisotopic (exact) mass is 308 g/mol. The Morgan fingerprint density at radius 1 is 0.650 bits per heavy atom. The molecule has 0 amide bonds. The highest BCUT2D eigenvalue weighted by Crippen LogP contribution is 2.10. The number of unbranched alkanes of at least 4 members (excludes halogenated alkanes) is 8. The zero-order chi connectivity index (χ0) is 10.6. The normalized spacial score (nSPS) is 7.25. The van der Waals surface area contributed by atoms with Crippen molar-refractivity contribution in [3.8, 4) is 0 Å². The summed E-state index contributed by atoms with van der Waals surface area (Å²) < 4.78 is 0. The highest BCUT2D eigenvalue weighted by atomic mass is 16.4. The quantitative estimate of drug-likeness (QED) is 0.503. The van der Waals surface area contributed by atoms with Gasteiger partial charge in [0.1, 0.15) is 0 Å². The average molecular weight is 308 g/mol. The van der Waals surface area contributed by atoms with Gasteiger partial charge >= 0.3 is 5.97 Å². The minimum Gasteiger partial charge on any atom is -0.481 e. The second-order valence-electron chi connectivity index (χ2n) is 3.97. The smallest absolute Gasteiger partial charge is 0.303 e. The zero-order valence-electron chi connectivity index (χ0n) is 12.4. The van der Waals surface area contributed by atoms with Gasteiger partial charge in [0, 0.05) is 6.42 Å². The Morgan fingerprint density at radius 2 is 0.950 bits per heavy atom. The van der Waals surface area contributed by atoms with E-state index in [-0.39, 0.29) is 32.9 Å². The summed E-state index contributed by atoms with van der Waals surface area (Å²) in [5.74, 6) is -0.659. The van der Waals surface area contributed by atoms with Crippen LogP contribution in [0.4, 0.5) is 0 Å². The summed E-state index contributed by atoms with van der Waals surface area (Å²) in [4.78, 5) is 10.2. The SMILES string of the molecule is CCCCCCCCCCCC(=O)O.O.O.O.O.O.O. The largest absolute Gasteiger partial charge is 0.481 e. The second kappa shape index (κ2) is 36.2. The van der Waals surface area contributed by atoms with E-state index in [9.17, 15) is 4.79 Å². The molecule has 0 spiro atoms. The molecule has 0 atom stereocenters. The van der Waals surface area contributed by atoms with Crippen LogP contribution in [0.1, 0.15) is 71.1 Å². The molecule has 132 valence electrons. The van der Waals surface area contributed by atoms with Crippen LogP contribution in [-0.2, 0) is 4.79 Å². The van der Waals surface area contributed by atoms with Crippen LogP contribution in [0, 0.1) is 0 Å². The number of rotatable bonds is 10. The number of carboxylic acid groups (broad SMARTS) is 1. The van der Waals surface area contributed by atoms with Crippen LogP contribution in [0.15, 0.2) is 0 Å². The van der Waals surface area contributed by atoms with E-state index in [0.717, 1.165) is 12.8 Å². The van der Waals surface area contributed by atoms with Crippen molar-refractivity contribution in [3.05, 3.63) is 0 Å². The number of hydrogen-bond donors (Lipinski definition) is 1. The van der Waals surface area contributed by atoms with Gasteiger partial charge in [-0.05, 0) is 6.42 Å². The van der Waals surface area contributed by atoms with E-state index in [1.54, 1.807) is 0 Å². The molecule has 0 radical (unpaired) electrons. The minimum atomic E-state index is -0.659. The van der Waals surface area contributed by atoms with Crippen molar-refractivity contribution in [1.29, 1.82) is 0 Å². The molecule has 8 heteroatoms. The van der Waals surface area contributed by atoms with Crippen LogP contribution in [0.3, 0.4) is 0 Å². The van der Waals surface area contributed by atoms with Crippen molar-refractivity contribution in [2.75, 3.05) is 0 Å². The molecule has 0 heterocycles. The Hall–Kier alpha value is -0.770. The van der Waals surface area contributed by atoms with Crippen LogP contribution in [0.5, 0.6) is 0 Å². The summed E-state index contributed by atoms with van der Waals surface area (Å²) in [6.45, 7) is 2.23. The molecule has 0 aromatic heterocycles. The third kappa shape index (κ3) is 43.4. The fourth-order valence-corrected chi connectivity index (χ4v) is 1.59. The maximum Gasteiger partial charge on any atom is 0.303 e. The van der Waals surface area contributed by atoms with Crippen molar-refractivity contribution in [2.24, 2.45) is 0 Å². The lowest BCUT2D eigenvalue weighted by Gasteiger charge is -2.00. The third-order valence-electron chi connectivity index (χ3n) is 2.49. The van der Waals surface area contributed by atoms with E-state index in [2.05, 4.69) is 6.92 Å². The molecular formula is C12H36O8. The minimum absolute atomic E-state index is 0. The Labute approximate surface area is 121 Å². The molecule has 0 bridgehead atoms. The summed E-state index contributed by atoms with van der Waals surface area (Å²) in [7, 11) is 0. The first kappa shape index (κ1) is 42.7. The first-order valence-corrected chi connectivity index (χ1v) is 5.99. The molecule has 13 N–H and O–H groups in total. The van der Waals surface area contributed by atoms with E-state index in [0.29, 0.717) is 6.42 Å². The van der Waals surface area contributed by atoms with E-state index in [1.807, 2.05) is 0 Å². The summed E-state index contributed by atoms with van der Waals surface area (Å²) in [6.07, 6.45) is 11.5. The van der Waals surface area contributed by atoms with Gasteiger partial charge in [-0.1, -0.05) is 58.3 Å². The lowest BCUT2D eigenvalue weighted by atomic mass is 10.1. The predicted octanol–water partition coefficient (Wildman–Crippen LogP) is -0.956. The van der Waals surface area contributed by atoms with E-state index < -0.39 is 5.97 Å². The van der Waals surface area contributed by atoms with Crippen LogP contribution >= 0.6 is 0 Å². The predicted molar refractivity (Wildman–Crippen MR) is 81.2 cm³/mol. The molecule has 0 aromatic rings. The Morgan fingerprint density at radius 3 is 1.25 bits per heavy atom. The maximum absolute atomic E-state index is 10.2. The fourth-order valence-electron chi connectivity index (χ4n) is 1.59. The van der Waals surface area contributed by atoms with E-state index in [4.69, 9.17) is 5.11 Å². The Balaban J connectivity index is -0.0000000563. The molecule has 0 aliphatic carbocycles. The topological polar surface area (TPSA) is 226 Å². The van der Waals surface area contributed by atoms with Gasteiger partial charge in [0.2, 0.25) is 0 Å². The number of carbonyl (C=O) groups is 1. The second-order valence-corrected chi connectivity index (χ2v) is 3.97. The van der Waals surface area contributed by atoms with E-state index in [1.165, 1.54) is 44.9 Å². The van der Waals surface area contributed by atoms with Gasteiger partial charge < -0.3 is 38.0 Å². The van der Waals surface area contributed by atoms with Gasteiger partial charge in [0.25, 0.3) is 0 Å². The first-order valence-electron chi connectivity index (χ1n) is 5.99. The molecule has 8 nitrogen and oxygen atoms in total. The summed E-state index contributed by atoms with van der Waals surface area (Å²) in [5, 5.41) is 8.41. The molecular weight excluding hydrogens is 272 g/mol. The number of aliphatic carboxylic acids is 1. The van der Waals surface area contributed by atoms with Crippen molar-refractivity contribution < 1.29 is 42.8 Å². The number of hydrogen-bond acceptors (Lipinski definition) is 1. The van der Waals surface area contributed by atoms with E-state index >= 15 is 0 Å². The van der Waals surface area contributed by atoms with Crippen molar-refractivity contribution in [2.45, 2.75) is 71.1 Å². The molecule has 0 fully saturated rings. The standard InChI is InChI=1S/C12H24O2.6H2O/c1-2-3-4-5-6-7-8-9-10-11-12(13)14;;;;;;/h2-11H2,1H3,(H,13,14);6*1H2. The maximum atomic E-state index is 10.2. The zero-order valence-corrected chi connectivity index (χ0v) is 12.4.